The van der Waals surface area contributed by atoms with Gasteiger partial charge in [0.1, 0.15) is 11.5 Å². The average Bonchev–Trinajstić information content (AvgIpc) is 2.74. The molecule has 0 fully saturated rings. The van der Waals surface area contributed by atoms with E-state index < -0.39 is 0 Å². The van der Waals surface area contributed by atoms with Crippen molar-refractivity contribution in [2.24, 2.45) is 5.73 Å². The lowest BCUT2D eigenvalue weighted by Gasteiger charge is -2.06. The second-order valence-corrected chi connectivity index (χ2v) is 4.99. The molecule has 19 heavy (non-hydrogen) atoms. The normalized spacial score (nSPS) is 10.4. The van der Waals surface area contributed by atoms with Crippen molar-refractivity contribution in [3.63, 3.8) is 0 Å². The Bertz CT molecular complexity index is 596. The van der Waals surface area contributed by atoms with Gasteiger partial charge < -0.3 is 10.5 Å². The van der Waals surface area contributed by atoms with Crippen LogP contribution in [0.4, 0.5) is 0 Å². The summed E-state index contributed by atoms with van der Waals surface area (Å²) < 4.78 is 5.51. The first kappa shape index (κ1) is 13.4. The number of amidine groups is 1. The highest BCUT2D eigenvalue weighted by atomic mass is 32.1. The second-order valence-electron chi connectivity index (χ2n) is 4.05. The van der Waals surface area contributed by atoms with Gasteiger partial charge in [-0.1, -0.05) is 0 Å². The van der Waals surface area contributed by atoms with E-state index in [0.29, 0.717) is 12.3 Å². The highest BCUT2D eigenvalue weighted by Crippen LogP contribution is 2.13. The third-order valence-electron chi connectivity index (χ3n) is 2.51. The summed E-state index contributed by atoms with van der Waals surface area (Å²) in [5.74, 6) is -0.0892. The third kappa shape index (κ3) is 3.47. The van der Waals surface area contributed by atoms with Crippen molar-refractivity contribution in [1.82, 2.24) is 15.0 Å². The lowest BCUT2D eigenvalue weighted by Crippen LogP contribution is -2.15. The minimum Gasteiger partial charge on any atom is -0.463 e. The van der Waals surface area contributed by atoms with Gasteiger partial charge in [0.05, 0.1) is 17.8 Å². The van der Waals surface area contributed by atoms with Crippen LogP contribution >= 0.6 is 11.3 Å². The molecule has 6 nitrogen and oxygen atoms in total. The fraction of sp³-hybridized carbons (Fsp3) is 0.333. The summed E-state index contributed by atoms with van der Waals surface area (Å²) in [6.45, 7) is 4.26. The number of nitrogens with one attached hydrogen (secondary N) is 1. The molecule has 2 heterocycles. The number of ether oxygens (including phenoxy) is 1. The van der Waals surface area contributed by atoms with Gasteiger partial charge in [0, 0.05) is 17.0 Å². The highest BCUT2D eigenvalue weighted by Gasteiger charge is 2.07. The lowest BCUT2D eigenvalue weighted by atomic mass is 10.3. The van der Waals surface area contributed by atoms with Crippen LogP contribution in [-0.2, 0) is 6.42 Å². The lowest BCUT2D eigenvalue weighted by molar-refractivity contribution is 0.296. The van der Waals surface area contributed by atoms with Crippen LogP contribution in [0.25, 0.3) is 0 Å². The number of nitrogens with zero attached hydrogens (tertiary/aromatic N) is 3. The first-order chi connectivity index (χ1) is 9.06. The molecule has 0 saturated carbocycles. The first-order valence-electron chi connectivity index (χ1n) is 5.78. The molecule has 0 bridgehead atoms. The molecule has 3 N–H and O–H groups in total. The van der Waals surface area contributed by atoms with Crippen molar-refractivity contribution in [3.05, 3.63) is 33.5 Å². The zero-order valence-corrected chi connectivity index (χ0v) is 11.6. The van der Waals surface area contributed by atoms with Gasteiger partial charge >= 0.3 is 6.01 Å². The molecule has 0 aliphatic heterocycles. The van der Waals surface area contributed by atoms with E-state index in [2.05, 4.69) is 15.0 Å². The summed E-state index contributed by atoms with van der Waals surface area (Å²) in [6, 6.07) is 1.91. The van der Waals surface area contributed by atoms with Gasteiger partial charge in [0.15, 0.2) is 0 Å². The van der Waals surface area contributed by atoms with Crippen LogP contribution in [0.5, 0.6) is 6.01 Å². The molecular formula is C12H15N5OS. The Labute approximate surface area is 115 Å². The summed E-state index contributed by atoms with van der Waals surface area (Å²) >= 11 is 1.61. The van der Waals surface area contributed by atoms with Crippen LogP contribution in [0, 0.1) is 19.3 Å². The number of rotatable bonds is 5. The maximum Gasteiger partial charge on any atom is 0.317 e. The summed E-state index contributed by atoms with van der Waals surface area (Å²) in [5.41, 5.74) is 9.37. The zero-order valence-electron chi connectivity index (χ0n) is 10.8. The summed E-state index contributed by atoms with van der Waals surface area (Å²) in [7, 11) is 0. The minimum atomic E-state index is -0.0892. The summed E-state index contributed by atoms with van der Waals surface area (Å²) in [5, 5.41) is 7.37. The van der Waals surface area contributed by atoms with E-state index in [9.17, 15) is 0 Å². The number of nitrogens with two attached hydrogens (primary N) is 1. The molecule has 0 amide bonds. The Balaban J connectivity index is 2.00. The van der Waals surface area contributed by atoms with Crippen molar-refractivity contribution < 1.29 is 4.74 Å². The van der Waals surface area contributed by atoms with Crippen LogP contribution < -0.4 is 10.5 Å². The van der Waals surface area contributed by atoms with Gasteiger partial charge in [-0.2, -0.15) is 4.98 Å². The zero-order chi connectivity index (χ0) is 13.8. The van der Waals surface area contributed by atoms with Crippen LogP contribution in [0.15, 0.2) is 11.6 Å². The molecule has 0 aromatic carbocycles. The van der Waals surface area contributed by atoms with Gasteiger partial charge in [0.25, 0.3) is 0 Å². The molecule has 0 saturated heterocycles. The molecule has 0 aliphatic carbocycles. The van der Waals surface area contributed by atoms with Crippen LogP contribution in [0.1, 0.15) is 22.0 Å². The third-order valence-corrected chi connectivity index (χ3v) is 3.51. The van der Waals surface area contributed by atoms with Crippen molar-refractivity contribution in [2.45, 2.75) is 20.3 Å². The molecule has 0 atom stereocenters. The van der Waals surface area contributed by atoms with Crippen LogP contribution in [0.2, 0.25) is 0 Å². The number of aromatic nitrogens is 3. The number of hydrogen-bond acceptors (Lipinski definition) is 6. The predicted molar refractivity (Wildman–Crippen MR) is 73.8 cm³/mol. The predicted octanol–water partition coefficient (Wildman–Crippen LogP) is 1.46. The van der Waals surface area contributed by atoms with E-state index in [-0.39, 0.29) is 11.8 Å². The van der Waals surface area contributed by atoms with E-state index in [1.54, 1.807) is 17.4 Å². The molecule has 7 heteroatoms. The van der Waals surface area contributed by atoms with Crippen LogP contribution in [0.3, 0.4) is 0 Å². The van der Waals surface area contributed by atoms with Crippen molar-refractivity contribution in [2.75, 3.05) is 6.61 Å². The van der Waals surface area contributed by atoms with Gasteiger partial charge in [-0.15, -0.1) is 11.3 Å². The molecule has 0 spiro atoms. The number of hydrogen-bond donors (Lipinski definition) is 2. The Morgan fingerprint density at radius 1 is 1.42 bits per heavy atom. The smallest absolute Gasteiger partial charge is 0.317 e. The molecule has 2 aromatic heterocycles. The van der Waals surface area contributed by atoms with E-state index in [4.69, 9.17) is 15.9 Å². The fourth-order valence-electron chi connectivity index (χ4n) is 1.54. The molecule has 2 aromatic rings. The largest absolute Gasteiger partial charge is 0.463 e. The average molecular weight is 277 g/mol. The Hall–Kier alpha value is -2.02. The quantitative estimate of drug-likeness (QED) is 0.637. The Morgan fingerprint density at radius 3 is 2.84 bits per heavy atom. The molecular weight excluding hydrogens is 262 g/mol. The maximum atomic E-state index is 7.37. The standard InChI is InChI=1S/C12H15N5OS/c1-7-5-9(11(13)14)17-12(16-7)18-4-3-10-8(2)15-6-19-10/h5-6H,3-4H2,1-2H3,(H3,13,14). The minimum absolute atomic E-state index is 0.0892. The highest BCUT2D eigenvalue weighted by molar-refractivity contribution is 7.09. The van der Waals surface area contributed by atoms with Gasteiger partial charge in [-0.3, -0.25) is 5.41 Å². The number of nitrogen functional groups attached to an aromatic ring is 1. The van der Waals surface area contributed by atoms with E-state index in [1.165, 1.54) is 4.88 Å². The van der Waals surface area contributed by atoms with E-state index in [1.807, 2.05) is 19.4 Å². The fourth-order valence-corrected chi connectivity index (χ4v) is 2.31. The monoisotopic (exact) mass is 277 g/mol. The second kappa shape index (κ2) is 5.75. The molecule has 100 valence electrons. The van der Waals surface area contributed by atoms with E-state index >= 15 is 0 Å². The van der Waals surface area contributed by atoms with Gasteiger partial charge in [-0.25, -0.2) is 9.97 Å². The maximum absolute atomic E-state index is 7.37. The summed E-state index contributed by atoms with van der Waals surface area (Å²) in [4.78, 5) is 13.6. The molecule has 0 aliphatic rings. The molecule has 0 unspecified atom stereocenters. The molecule has 0 radical (unpaired) electrons. The van der Waals surface area contributed by atoms with Gasteiger partial charge in [0.2, 0.25) is 0 Å². The van der Waals surface area contributed by atoms with Crippen LogP contribution in [-0.4, -0.2) is 27.4 Å². The number of aryl methyl sites for hydroxylation is 2. The van der Waals surface area contributed by atoms with Gasteiger partial charge in [-0.05, 0) is 19.9 Å². The first-order valence-corrected chi connectivity index (χ1v) is 6.66. The Kier molecular flexibility index (Phi) is 4.06. The number of thiazole rings is 1. The van der Waals surface area contributed by atoms with E-state index in [0.717, 1.165) is 17.8 Å². The SMILES string of the molecule is Cc1cc(C(=N)N)nc(OCCc2scnc2C)n1. The topological polar surface area (TPSA) is 97.8 Å². The molecule has 2 rings (SSSR count). The Morgan fingerprint density at radius 2 is 2.21 bits per heavy atom. The van der Waals surface area contributed by atoms with Crippen molar-refractivity contribution >= 4 is 17.2 Å². The summed E-state index contributed by atoms with van der Waals surface area (Å²) in [6.07, 6.45) is 0.767. The van der Waals surface area contributed by atoms with Crippen molar-refractivity contribution in [1.29, 1.82) is 5.41 Å². The van der Waals surface area contributed by atoms with Crippen molar-refractivity contribution in [3.8, 4) is 6.01 Å².